The molecule has 3 aromatic rings. The summed E-state index contributed by atoms with van der Waals surface area (Å²) in [4.78, 5) is 11.5. The summed E-state index contributed by atoms with van der Waals surface area (Å²) in [5.41, 5.74) is 4.84. The largest absolute Gasteiger partial charge is 0.351 e. The van der Waals surface area contributed by atoms with Gasteiger partial charge in [0.2, 0.25) is 0 Å². The van der Waals surface area contributed by atoms with Gasteiger partial charge in [-0.2, -0.15) is 0 Å². The second kappa shape index (κ2) is 7.20. The lowest BCUT2D eigenvalue weighted by atomic mass is 9.94. The first kappa shape index (κ1) is 16.6. The minimum absolute atomic E-state index is 0.574. The summed E-state index contributed by atoms with van der Waals surface area (Å²) in [6.07, 6.45) is 5.25. The number of aromatic nitrogens is 2. The third kappa shape index (κ3) is 3.29. The van der Waals surface area contributed by atoms with E-state index in [1.165, 1.54) is 17.5 Å². The first-order valence-electron chi connectivity index (χ1n) is 9.18. The number of benzene rings is 1. The number of hydrogen-bond acceptors (Lipinski definition) is 2. The third-order valence-electron chi connectivity index (χ3n) is 5.17. The summed E-state index contributed by atoms with van der Waals surface area (Å²) >= 11 is 0. The van der Waals surface area contributed by atoms with Crippen LogP contribution in [0.2, 0.25) is 0 Å². The molecule has 1 N–H and O–H groups in total. The molecule has 0 aliphatic carbocycles. The van der Waals surface area contributed by atoms with Gasteiger partial charge in [0, 0.05) is 38.4 Å². The average Bonchev–Trinajstić information content (AvgIpc) is 3.29. The number of rotatable bonds is 3. The highest BCUT2D eigenvalue weighted by Crippen LogP contribution is 2.29. The molecule has 0 radical (unpaired) electrons. The highest BCUT2D eigenvalue weighted by molar-refractivity contribution is 5.80. The molecule has 1 aliphatic heterocycles. The monoisotopic (exact) mass is 347 g/mol. The van der Waals surface area contributed by atoms with Gasteiger partial charge in [0.05, 0.1) is 12.2 Å². The van der Waals surface area contributed by atoms with Crippen molar-refractivity contribution in [3.05, 3.63) is 71.7 Å². The summed E-state index contributed by atoms with van der Waals surface area (Å²) in [7, 11) is 1.85. The van der Waals surface area contributed by atoms with Crippen molar-refractivity contribution >= 4 is 11.6 Å². The second-order valence-electron chi connectivity index (χ2n) is 6.89. The van der Waals surface area contributed by atoms with Crippen LogP contribution in [0.25, 0.3) is 5.65 Å². The van der Waals surface area contributed by atoms with Crippen molar-refractivity contribution in [2.24, 2.45) is 4.99 Å². The number of pyridine rings is 1. The van der Waals surface area contributed by atoms with Crippen molar-refractivity contribution < 1.29 is 0 Å². The van der Waals surface area contributed by atoms with E-state index in [0.717, 1.165) is 30.4 Å². The lowest BCUT2D eigenvalue weighted by Crippen LogP contribution is -2.39. The Morgan fingerprint density at radius 2 is 2.08 bits per heavy atom. The highest BCUT2D eigenvalue weighted by Gasteiger charge is 2.26. The Balaban J connectivity index is 1.41. The minimum Gasteiger partial charge on any atom is -0.351 e. The smallest absolute Gasteiger partial charge is 0.193 e. The molecule has 0 spiro atoms. The Morgan fingerprint density at radius 1 is 1.23 bits per heavy atom. The molecule has 26 heavy (non-hydrogen) atoms. The van der Waals surface area contributed by atoms with Crippen molar-refractivity contribution in [1.82, 2.24) is 19.6 Å². The fraction of sp³-hybridized carbons (Fsp3) is 0.333. The minimum atomic E-state index is 0.574. The molecule has 1 unspecified atom stereocenters. The maximum absolute atomic E-state index is 4.65. The van der Waals surface area contributed by atoms with Gasteiger partial charge in [0.1, 0.15) is 5.65 Å². The molecular formula is C21H25N5. The predicted molar refractivity (Wildman–Crippen MR) is 106 cm³/mol. The molecule has 5 nitrogen and oxygen atoms in total. The standard InChI is InChI=1S/C21H25N5/c1-16-7-3-4-8-19(16)17-10-12-26(14-17)21(22-2)23-13-18-15-25-11-6-5-9-20(25)24-18/h3-9,11,15,17H,10,12-14H2,1-2H3,(H,22,23). The Labute approximate surface area is 154 Å². The van der Waals surface area contributed by atoms with Crippen molar-refractivity contribution in [3.8, 4) is 0 Å². The Bertz CT molecular complexity index is 894. The van der Waals surface area contributed by atoms with Crippen LogP contribution in [0, 0.1) is 6.92 Å². The first-order chi connectivity index (χ1) is 12.7. The zero-order valence-electron chi connectivity index (χ0n) is 15.4. The van der Waals surface area contributed by atoms with Crippen molar-refractivity contribution in [2.45, 2.75) is 25.8 Å². The van der Waals surface area contributed by atoms with E-state index < -0.39 is 0 Å². The maximum atomic E-state index is 4.65. The summed E-state index contributed by atoms with van der Waals surface area (Å²) in [5, 5.41) is 3.48. The van der Waals surface area contributed by atoms with E-state index in [1.807, 2.05) is 35.8 Å². The van der Waals surface area contributed by atoms with Crippen LogP contribution in [0.1, 0.15) is 29.2 Å². The van der Waals surface area contributed by atoms with E-state index in [2.05, 4.69) is 57.6 Å². The van der Waals surface area contributed by atoms with Gasteiger partial charge in [-0.3, -0.25) is 4.99 Å². The van der Waals surface area contributed by atoms with E-state index in [9.17, 15) is 0 Å². The predicted octanol–water partition coefficient (Wildman–Crippen LogP) is 3.21. The molecule has 1 aromatic carbocycles. The summed E-state index contributed by atoms with van der Waals surface area (Å²) in [5.74, 6) is 1.53. The van der Waals surface area contributed by atoms with Gasteiger partial charge in [-0.1, -0.05) is 30.3 Å². The van der Waals surface area contributed by atoms with Crippen LogP contribution in [-0.4, -0.2) is 40.4 Å². The third-order valence-corrected chi connectivity index (χ3v) is 5.17. The van der Waals surface area contributed by atoms with Crippen LogP contribution >= 0.6 is 0 Å². The van der Waals surface area contributed by atoms with E-state index in [1.54, 1.807) is 0 Å². The molecule has 0 bridgehead atoms. The summed E-state index contributed by atoms with van der Waals surface area (Å²) in [6.45, 7) is 4.92. The lowest BCUT2D eigenvalue weighted by molar-refractivity contribution is 0.485. The highest BCUT2D eigenvalue weighted by atomic mass is 15.3. The van der Waals surface area contributed by atoms with Crippen LogP contribution < -0.4 is 5.32 Å². The Hall–Kier alpha value is -2.82. The first-order valence-corrected chi connectivity index (χ1v) is 9.18. The van der Waals surface area contributed by atoms with Crippen LogP contribution in [0.15, 0.2) is 59.9 Å². The number of hydrogen-bond donors (Lipinski definition) is 1. The van der Waals surface area contributed by atoms with Crippen LogP contribution in [-0.2, 0) is 6.54 Å². The molecule has 3 heterocycles. The van der Waals surface area contributed by atoms with Gasteiger partial charge >= 0.3 is 0 Å². The topological polar surface area (TPSA) is 44.9 Å². The van der Waals surface area contributed by atoms with E-state index in [-0.39, 0.29) is 0 Å². The van der Waals surface area contributed by atoms with Gasteiger partial charge in [-0.05, 0) is 36.6 Å². The number of likely N-dealkylation sites (tertiary alicyclic amines) is 1. The van der Waals surface area contributed by atoms with Gasteiger partial charge in [0.15, 0.2) is 5.96 Å². The Kier molecular flexibility index (Phi) is 4.61. The number of nitrogens with zero attached hydrogens (tertiary/aromatic N) is 4. The SMILES string of the molecule is CN=C(NCc1cn2ccccc2n1)N1CCC(c2ccccc2C)C1. The maximum Gasteiger partial charge on any atom is 0.193 e. The molecule has 4 rings (SSSR count). The van der Waals surface area contributed by atoms with Crippen LogP contribution in [0.5, 0.6) is 0 Å². The molecule has 5 heteroatoms. The Morgan fingerprint density at radius 3 is 2.88 bits per heavy atom. The number of guanidine groups is 1. The summed E-state index contributed by atoms with van der Waals surface area (Å²) < 4.78 is 2.05. The zero-order chi connectivity index (χ0) is 17.9. The molecule has 1 saturated heterocycles. The van der Waals surface area contributed by atoms with Gasteiger partial charge in [0.25, 0.3) is 0 Å². The van der Waals surface area contributed by atoms with Gasteiger partial charge in [-0.15, -0.1) is 0 Å². The molecule has 1 aliphatic rings. The van der Waals surface area contributed by atoms with E-state index in [0.29, 0.717) is 12.5 Å². The lowest BCUT2D eigenvalue weighted by Gasteiger charge is -2.21. The van der Waals surface area contributed by atoms with Crippen molar-refractivity contribution in [3.63, 3.8) is 0 Å². The molecule has 134 valence electrons. The fourth-order valence-corrected chi connectivity index (χ4v) is 3.83. The normalized spacial score (nSPS) is 17.8. The van der Waals surface area contributed by atoms with Crippen LogP contribution in [0.4, 0.5) is 0 Å². The fourth-order valence-electron chi connectivity index (χ4n) is 3.83. The van der Waals surface area contributed by atoms with Gasteiger partial charge in [-0.25, -0.2) is 4.98 Å². The van der Waals surface area contributed by atoms with Crippen molar-refractivity contribution in [2.75, 3.05) is 20.1 Å². The van der Waals surface area contributed by atoms with E-state index >= 15 is 0 Å². The van der Waals surface area contributed by atoms with Gasteiger partial charge < -0.3 is 14.6 Å². The summed E-state index contributed by atoms with van der Waals surface area (Å²) in [6, 6.07) is 14.8. The number of fused-ring (bicyclic) bond motifs is 1. The van der Waals surface area contributed by atoms with Crippen LogP contribution in [0.3, 0.4) is 0 Å². The number of imidazole rings is 1. The molecular weight excluding hydrogens is 322 g/mol. The molecule has 1 fully saturated rings. The number of nitrogens with one attached hydrogen (secondary N) is 1. The average molecular weight is 347 g/mol. The van der Waals surface area contributed by atoms with E-state index in [4.69, 9.17) is 0 Å². The quantitative estimate of drug-likeness (QED) is 0.584. The zero-order valence-corrected chi connectivity index (χ0v) is 15.4. The number of aryl methyl sites for hydroxylation is 1. The van der Waals surface area contributed by atoms with Crippen molar-refractivity contribution in [1.29, 1.82) is 0 Å². The number of aliphatic imine (C=N–C) groups is 1. The second-order valence-corrected chi connectivity index (χ2v) is 6.89. The molecule has 0 amide bonds. The molecule has 1 atom stereocenters. The molecule has 0 saturated carbocycles. The molecule has 2 aromatic heterocycles.